The van der Waals surface area contributed by atoms with Crippen molar-refractivity contribution in [3.63, 3.8) is 0 Å². The van der Waals surface area contributed by atoms with Crippen molar-refractivity contribution in [3.05, 3.63) is 65.2 Å². The standard InChI is InChI=1S/C22H20N2O4/c1-3-4-5-19-20(21(26)14-6-9-16(25)10-7-14)17-12-15(8-11-18(17)27-19)22-23-13(2)24-28-22/h6-12,25H,3-5H2,1-2H3. The number of furan rings is 1. The summed E-state index contributed by atoms with van der Waals surface area (Å²) < 4.78 is 11.3. The maximum absolute atomic E-state index is 13.3. The third-order valence-corrected chi connectivity index (χ3v) is 4.65. The van der Waals surface area contributed by atoms with Crippen molar-refractivity contribution in [2.24, 2.45) is 0 Å². The molecule has 2 heterocycles. The molecule has 0 unspecified atom stereocenters. The van der Waals surface area contributed by atoms with E-state index in [1.54, 1.807) is 19.1 Å². The summed E-state index contributed by atoms with van der Waals surface area (Å²) in [5, 5.41) is 14.1. The van der Waals surface area contributed by atoms with E-state index in [-0.39, 0.29) is 11.5 Å². The molecule has 0 aliphatic rings. The van der Waals surface area contributed by atoms with Gasteiger partial charge < -0.3 is 14.0 Å². The second-order valence-corrected chi connectivity index (χ2v) is 6.74. The highest BCUT2D eigenvalue weighted by molar-refractivity contribution is 6.17. The van der Waals surface area contributed by atoms with Crippen LogP contribution in [0.15, 0.2) is 51.4 Å². The topological polar surface area (TPSA) is 89.4 Å². The number of aromatic hydroxyl groups is 1. The number of hydrogen-bond acceptors (Lipinski definition) is 6. The van der Waals surface area contributed by atoms with Gasteiger partial charge in [0.2, 0.25) is 0 Å². The third-order valence-electron chi connectivity index (χ3n) is 4.65. The van der Waals surface area contributed by atoms with Crippen LogP contribution in [0, 0.1) is 6.92 Å². The first-order valence-corrected chi connectivity index (χ1v) is 9.26. The molecule has 0 atom stereocenters. The van der Waals surface area contributed by atoms with Crippen molar-refractivity contribution in [1.82, 2.24) is 10.1 Å². The van der Waals surface area contributed by atoms with Gasteiger partial charge in [-0.05, 0) is 55.8 Å². The SMILES string of the molecule is CCCCc1oc2ccc(-c3nc(C)no3)cc2c1C(=O)c1ccc(O)cc1. The predicted octanol–water partition coefficient (Wildman–Crippen LogP) is 5.07. The number of aryl methyl sites for hydroxylation is 2. The maximum Gasteiger partial charge on any atom is 0.257 e. The Bertz CT molecular complexity index is 1140. The number of rotatable bonds is 6. The minimum absolute atomic E-state index is 0.119. The average Bonchev–Trinajstić information content (AvgIpc) is 3.29. The van der Waals surface area contributed by atoms with Gasteiger partial charge >= 0.3 is 0 Å². The molecule has 2 aromatic carbocycles. The largest absolute Gasteiger partial charge is 0.508 e. The Hall–Kier alpha value is -3.41. The number of unbranched alkanes of at least 4 members (excludes halogenated alkanes) is 1. The molecule has 28 heavy (non-hydrogen) atoms. The molecule has 142 valence electrons. The molecule has 6 heteroatoms. The van der Waals surface area contributed by atoms with E-state index in [0.717, 1.165) is 23.8 Å². The first kappa shape index (κ1) is 18.0. The summed E-state index contributed by atoms with van der Waals surface area (Å²) in [6, 6.07) is 11.8. The lowest BCUT2D eigenvalue weighted by Crippen LogP contribution is -2.04. The molecule has 0 radical (unpaired) electrons. The number of benzene rings is 2. The van der Waals surface area contributed by atoms with E-state index >= 15 is 0 Å². The molecule has 0 aliphatic carbocycles. The Morgan fingerprint density at radius 3 is 2.61 bits per heavy atom. The Morgan fingerprint density at radius 2 is 1.93 bits per heavy atom. The number of carbonyl (C=O) groups is 1. The normalized spacial score (nSPS) is 11.2. The second kappa shape index (κ2) is 7.31. The lowest BCUT2D eigenvalue weighted by molar-refractivity contribution is 0.103. The van der Waals surface area contributed by atoms with Crippen molar-refractivity contribution < 1.29 is 18.8 Å². The summed E-state index contributed by atoms with van der Waals surface area (Å²) in [5.74, 6) is 1.61. The van der Waals surface area contributed by atoms with Crippen LogP contribution in [0.2, 0.25) is 0 Å². The molecule has 4 aromatic rings. The molecule has 0 fully saturated rings. The van der Waals surface area contributed by atoms with Gasteiger partial charge in [-0.25, -0.2) is 0 Å². The lowest BCUT2D eigenvalue weighted by Gasteiger charge is -2.04. The number of nitrogens with zero attached hydrogens (tertiary/aromatic N) is 2. The molecule has 4 rings (SSSR count). The van der Waals surface area contributed by atoms with Gasteiger partial charge in [-0.1, -0.05) is 18.5 Å². The Labute approximate surface area is 161 Å². The van der Waals surface area contributed by atoms with Gasteiger partial charge in [0.25, 0.3) is 5.89 Å². The Balaban J connectivity index is 1.86. The van der Waals surface area contributed by atoms with Crippen molar-refractivity contribution in [2.75, 3.05) is 0 Å². The fourth-order valence-corrected chi connectivity index (χ4v) is 3.22. The molecule has 0 amide bonds. The van der Waals surface area contributed by atoms with Crippen LogP contribution in [0.4, 0.5) is 0 Å². The summed E-state index contributed by atoms with van der Waals surface area (Å²) in [7, 11) is 0. The number of fused-ring (bicyclic) bond motifs is 1. The zero-order chi connectivity index (χ0) is 19.7. The number of aromatic nitrogens is 2. The van der Waals surface area contributed by atoms with Gasteiger partial charge in [-0.15, -0.1) is 0 Å². The van der Waals surface area contributed by atoms with Gasteiger partial charge in [-0.2, -0.15) is 4.98 Å². The fourth-order valence-electron chi connectivity index (χ4n) is 3.22. The van der Waals surface area contributed by atoms with E-state index in [0.29, 0.717) is 40.6 Å². The zero-order valence-corrected chi connectivity index (χ0v) is 15.7. The summed E-state index contributed by atoms with van der Waals surface area (Å²) in [5.41, 5.74) is 2.42. The molecule has 0 bridgehead atoms. The lowest BCUT2D eigenvalue weighted by atomic mass is 9.97. The molecular formula is C22H20N2O4. The van der Waals surface area contributed by atoms with Crippen LogP contribution < -0.4 is 0 Å². The molecule has 1 N–H and O–H groups in total. The van der Waals surface area contributed by atoms with E-state index in [1.165, 1.54) is 12.1 Å². The maximum atomic E-state index is 13.3. The predicted molar refractivity (Wildman–Crippen MR) is 104 cm³/mol. The van der Waals surface area contributed by atoms with Crippen LogP contribution in [0.3, 0.4) is 0 Å². The summed E-state index contributed by atoms with van der Waals surface area (Å²) in [4.78, 5) is 17.5. The molecular weight excluding hydrogens is 356 g/mol. The van der Waals surface area contributed by atoms with Gasteiger partial charge in [0.05, 0.1) is 5.56 Å². The Kier molecular flexibility index (Phi) is 4.69. The minimum Gasteiger partial charge on any atom is -0.508 e. The highest BCUT2D eigenvalue weighted by atomic mass is 16.5. The molecule has 0 saturated heterocycles. The van der Waals surface area contributed by atoms with Crippen LogP contribution in [0.5, 0.6) is 5.75 Å². The van der Waals surface area contributed by atoms with Crippen LogP contribution in [0.1, 0.15) is 47.3 Å². The monoisotopic (exact) mass is 376 g/mol. The summed E-state index contributed by atoms with van der Waals surface area (Å²) in [6.07, 6.45) is 2.60. The number of phenols is 1. The van der Waals surface area contributed by atoms with Crippen LogP contribution >= 0.6 is 0 Å². The summed E-state index contributed by atoms with van der Waals surface area (Å²) >= 11 is 0. The van der Waals surface area contributed by atoms with Crippen LogP contribution in [-0.4, -0.2) is 21.0 Å². The van der Waals surface area contributed by atoms with Crippen molar-refractivity contribution in [1.29, 1.82) is 0 Å². The first-order valence-electron chi connectivity index (χ1n) is 9.26. The van der Waals surface area contributed by atoms with Gasteiger partial charge in [0.15, 0.2) is 11.6 Å². The number of ketones is 1. The van der Waals surface area contributed by atoms with E-state index in [9.17, 15) is 9.90 Å². The van der Waals surface area contributed by atoms with Crippen molar-refractivity contribution in [3.8, 4) is 17.2 Å². The highest BCUT2D eigenvalue weighted by Crippen LogP contribution is 2.33. The second-order valence-electron chi connectivity index (χ2n) is 6.74. The number of phenolic OH excluding ortho intramolecular Hbond substituents is 1. The first-order chi connectivity index (χ1) is 13.6. The zero-order valence-electron chi connectivity index (χ0n) is 15.7. The molecule has 0 saturated carbocycles. The summed E-state index contributed by atoms with van der Waals surface area (Å²) in [6.45, 7) is 3.85. The van der Waals surface area contributed by atoms with E-state index < -0.39 is 0 Å². The van der Waals surface area contributed by atoms with E-state index in [2.05, 4.69) is 17.1 Å². The van der Waals surface area contributed by atoms with Gasteiger partial charge in [-0.3, -0.25) is 4.79 Å². The fraction of sp³-hybridized carbons (Fsp3) is 0.227. The molecule has 2 aromatic heterocycles. The average molecular weight is 376 g/mol. The Morgan fingerprint density at radius 1 is 1.14 bits per heavy atom. The smallest absolute Gasteiger partial charge is 0.257 e. The van der Waals surface area contributed by atoms with E-state index in [4.69, 9.17) is 8.94 Å². The third kappa shape index (κ3) is 3.29. The number of carbonyl (C=O) groups excluding carboxylic acids is 1. The van der Waals surface area contributed by atoms with Gasteiger partial charge in [0, 0.05) is 22.9 Å². The van der Waals surface area contributed by atoms with Crippen molar-refractivity contribution >= 4 is 16.8 Å². The van der Waals surface area contributed by atoms with Crippen molar-refractivity contribution in [2.45, 2.75) is 33.1 Å². The number of hydrogen-bond donors (Lipinski definition) is 1. The van der Waals surface area contributed by atoms with Crippen LogP contribution in [-0.2, 0) is 6.42 Å². The minimum atomic E-state index is -0.135. The molecule has 0 spiro atoms. The molecule has 0 aliphatic heterocycles. The highest BCUT2D eigenvalue weighted by Gasteiger charge is 2.23. The van der Waals surface area contributed by atoms with Gasteiger partial charge in [0.1, 0.15) is 17.1 Å². The molecule has 6 nitrogen and oxygen atoms in total. The van der Waals surface area contributed by atoms with E-state index in [1.807, 2.05) is 18.2 Å². The quantitative estimate of drug-likeness (QED) is 0.473. The van der Waals surface area contributed by atoms with Crippen LogP contribution in [0.25, 0.3) is 22.4 Å².